The molecule has 0 bridgehead atoms. The van der Waals surface area contributed by atoms with Crippen LogP contribution in [0, 0.1) is 11.8 Å². The Balaban J connectivity index is 2.30. The van der Waals surface area contributed by atoms with Gasteiger partial charge in [-0.2, -0.15) is 0 Å². The van der Waals surface area contributed by atoms with Gasteiger partial charge in [0.1, 0.15) is 0 Å². The minimum atomic E-state index is 0.418. The minimum Gasteiger partial charge on any atom is -0.276 e. The van der Waals surface area contributed by atoms with E-state index in [4.69, 9.17) is 0 Å². The number of carbonyl (C=O) groups is 2. The van der Waals surface area contributed by atoms with Crippen LogP contribution in [0.5, 0.6) is 0 Å². The third-order valence-corrected chi connectivity index (χ3v) is 2.53. The molecule has 0 radical (unpaired) electrons. The molecule has 76 valence electrons. The summed E-state index contributed by atoms with van der Waals surface area (Å²) in [4.78, 5) is 27.2. The molecule has 0 aromatic heterocycles. The predicted molar refractivity (Wildman–Crippen MR) is 54.6 cm³/mol. The van der Waals surface area contributed by atoms with Gasteiger partial charge < -0.3 is 0 Å². The predicted octanol–water partition coefficient (Wildman–Crippen LogP) is 1.25. The summed E-state index contributed by atoms with van der Waals surface area (Å²) in [6.07, 6.45) is 8.67. The van der Waals surface area contributed by atoms with Gasteiger partial charge in [0, 0.05) is 12.4 Å². The van der Waals surface area contributed by atoms with Crippen LogP contribution in [0.4, 0.5) is 0 Å². The number of hydrogen-bond donors (Lipinski definition) is 0. The molecule has 0 saturated heterocycles. The third kappa shape index (κ3) is 3.60. The minimum absolute atomic E-state index is 0.418. The second kappa shape index (κ2) is 6.18. The van der Waals surface area contributed by atoms with Gasteiger partial charge in [-0.1, -0.05) is 0 Å². The van der Waals surface area contributed by atoms with Crippen LogP contribution in [-0.4, -0.2) is 25.2 Å². The van der Waals surface area contributed by atoms with Gasteiger partial charge in [0.25, 0.3) is 0 Å². The van der Waals surface area contributed by atoms with Crippen LogP contribution in [-0.2, 0) is 9.59 Å². The molecular weight excluding hydrogens is 180 g/mol. The van der Waals surface area contributed by atoms with Crippen molar-refractivity contribution in [1.82, 2.24) is 0 Å². The Labute approximate surface area is 83.1 Å². The molecule has 4 heteroatoms. The van der Waals surface area contributed by atoms with Crippen LogP contribution in [0.3, 0.4) is 0 Å². The van der Waals surface area contributed by atoms with E-state index in [9.17, 15) is 9.59 Å². The molecule has 2 amide bonds. The maximum Gasteiger partial charge on any atom is 0.232 e. The van der Waals surface area contributed by atoms with Crippen molar-refractivity contribution in [2.45, 2.75) is 25.7 Å². The van der Waals surface area contributed by atoms with E-state index >= 15 is 0 Å². The topological polar surface area (TPSA) is 58.9 Å². The number of aliphatic imine (C=N–C) groups is 2. The molecule has 0 atom stereocenters. The van der Waals surface area contributed by atoms with E-state index in [1.54, 1.807) is 12.4 Å². The Kier molecular flexibility index (Phi) is 4.75. The molecule has 0 N–H and O–H groups in total. The average Bonchev–Trinajstić information content (AvgIpc) is 2.25. The van der Waals surface area contributed by atoms with Gasteiger partial charge in [0.2, 0.25) is 12.8 Å². The van der Waals surface area contributed by atoms with Gasteiger partial charge in [-0.25, -0.2) is 9.98 Å². The van der Waals surface area contributed by atoms with Gasteiger partial charge in [0.05, 0.1) is 0 Å². The Hall–Kier alpha value is -1.32. The van der Waals surface area contributed by atoms with Gasteiger partial charge in [-0.05, 0) is 37.5 Å². The average molecular weight is 194 g/mol. The number of carbonyl (C=O) groups excluding carboxylic acids is 2. The van der Waals surface area contributed by atoms with Crippen LogP contribution in [0.1, 0.15) is 25.7 Å². The SMILES string of the molecule is O=CN=CC1CCC(C=NC=O)CC1. The maximum atomic E-state index is 10.00. The lowest BCUT2D eigenvalue weighted by Gasteiger charge is -2.22. The molecule has 0 aromatic rings. The van der Waals surface area contributed by atoms with Crippen molar-refractivity contribution in [3.05, 3.63) is 0 Å². The van der Waals surface area contributed by atoms with Gasteiger partial charge in [0.15, 0.2) is 0 Å². The molecule has 1 fully saturated rings. The monoisotopic (exact) mass is 194 g/mol. The highest BCUT2D eigenvalue weighted by Gasteiger charge is 2.18. The Bertz CT molecular complexity index is 215. The zero-order valence-corrected chi connectivity index (χ0v) is 8.00. The fraction of sp³-hybridized carbons (Fsp3) is 0.600. The van der Waals surface area contributed by atoms with Crippen LogP contribution < -0.4 is 0 Å². The van der Waals surface area contributed by atoms with E-state index < -0.39 is 0 Å². The smallest absolute Gasteiger partial charge is 0.232 e. The molecule has 0 heterocycles. The van der Waals surface area contributed by atoms with Crippen LogP contribution in [0.25, 0.3) is 0 Å². The van der Waals surface area contributed by atoms with E-state index in [0.29, 0.717) is 24.7 Å². The lowest BCUT2D eigenvalue weighted by atomic mass is 9.83. The highest BCUT2D eigenvalue weighted by atomic mass is 16.1. The van der Waals surface area contributed by atoms with Crippen LogP contribution >= 0.6 is 0 Å². The van der Waals surface area contributed by atoms with Crippen molar-refractivity contribution in [2.75, 3.05) is 0 Å². The maximum absolute atomic E-state index is 10.00. The van der Waals surface area contributed by atoms with Crippen molar-refractivity contribution in [1.29, 1.82) is 0 Å². The summed E-state index contributed by atoms with van der Waals surface area (Å²) in [7, 11) is 0. The summed E-state index contributed by atoms with van der Waals surface area (Å²) in [6.45, 7) is 0. The van der Waals surface area contributed by atoms with Crippen molar-refractivity contribution >= 4 is 25.2 Å². The summed E-state index contributed by atoms with van der Waals surface area (Å²) in [6, 6.07) is 0. The second-order valence-corrected chi connectivity index (χ2v) is 3.48. The molecule has 14 heavy (non-hydrogen) atoms. The largest absolute Gasteiger partial charge is 0.276 e. The van der Waals surface area contributed by atoms with Crippen molar-refractivity contribution in [3.63, 3.8) is 0 Å². The molecule has 1 aliphatic rings. The van der Waals surface area contributed by atoms with E-state index in [2.05, 4.69) is 9.98 Å². The fourth-order valence-corrected chi connectivity index (χ4v) is 1.76. The Morgan fingerprint density at radius 3 is 1.43 bits per heavy atom. The Morgan fingerprint density at radius 2 is 1.14 bits per heavy atom. The van der Waals surface area contributed by atoms with E-state index in [1.165, 1.54) is 0 Å². The first kappa shape index (κ1) is 10.8. The van der Waals surface area contributed by atoms with Gasteiger partial charge >= 0.3 is 0 Å². The second-order valence-electron chi connectivity index (χ2n) is 3.48. The molecule has 0 aromatic carbocycles. The summed E-state index contributed by atoms with van der Waals surface area (Å²) < 4.78 is 0. The molecule has 0 aliphatic heterocycles. The number of hydrogen-bond acceptors (Lipinski definition) is 2. The van der Waals surface area contributed by atoms with Gasteiger partial charge in [-0.15, -0.1) is 0 Å². The van der Waals surface area contributed by atoms with Crippen molar-refractivity contribution < 1.29 is 9.59 Å². The van der Waals surface area contributed by atoms with E-state index in [1.807, 2.05) is 0 Å². The lowest BCUT2D eigenvalue weighted by Crippen LogP contribution is -2.16. The van der Waals surface area contributed by atoms with Crippen molar-refractivity contribution in [2.24, 2.45) is 21.8 Å². The van der Waals surface area contributed by atoms with Crippen LogP contribution in [0.2, 0.25) is 0 Å². The fourth-order valence-electron chi connectivity index (χ4n) is 1.76. The summed E-state index contributed by atoms with van der Waals surface area (Å²) >= 11 is 0. The quantitative estimate of drug-likeness (QED) is 0.499. The number of amides is 2. The Morgan fingerprint density at radius 1 is 0.786 bits per heavy atom. The molecular formula is C10H14N2O2. The molecule has 0 unspecified atom stereocenters. The highest BCUT2D eigenvalue weighted by molar-refractivity contribution is 5.73. The van der Waals surface area contributed by atoms with E-state index in [0.717, 1.165) is 25.7 Å². The zero-order valence-electron chi connectivity index (χ0n) is 8.00. The third-order valence-electron chi connectivity index (χ3n) is 2.53. The molecule has 1 rings (SSSR count). The van der Waals surface area contributed by atoms with Gasteiger partial charge in [-0.3, -0.25) is 9.59 Å². The van der Waals surface area contributed by atoms with Crippen molar-refractivity contribution in [3.8, 4) is 0 Å². The molecule has 0 spiro atoms. The molecule has 1 aliphatic carbocycles. The summed E-state index contributed by atoms with van der Waals surface area (Å²) in [5, 5.41) is 0. The summed E-state index contributed by atoms with van der Waals surface area (Å²) in [5.74, 6) is 0.835. The first-order chi connectivity index (χ1) is 6.86. The number of nitrogens with zero attached hydrogens (tertiary/aromatic N) is 2. The molecule has 1 saturated carbocycles. The lowest BCUT2D eigenvalue weighted by molar-refractivity contribution is -0.107. The standard InChI is InChI=1S/C10H14N2O2/c13-7-11-5-9-1-2-10(4-3-9)6-12-8-14/h5-10H,1-4H2. The summed E-state index contributed by atoms with van der Waals surface area (Å²) in [5.41, 5.74) is 0. The normalized spacial score (nSPS) is 28.3. The first-order valence-electron chi connectivity index (χ1n) is 4.80. The highest BCUT2D eigenvalue weighted by Crippen LogP contribution is 2.26. The van der Waals surface area contributed by atoms with Crippen LogP contribution in [0.15, 0.2) is 9.98 Å². The molecule has 4 nitrogen and oxygen atoms in total. The van der Waals surface area contributed by atoms with E-state index in [-0.39, 0.29) is 0 Å². The zero-order chi connectivity index (χ0) is 10.2. The first-order valence-corrected chi connectivity index (χ1v) is 4.80. The number of rotatable bonds is 4.